The summed E-state index contributed by atoms with van der Waals surface area (Å²) < 4.78 is 10.7. The van der Waals surface area contributed by atoms with Crippen LogP contribution in [0.1, 0.15) is 59.3 Å². The number of nitrogens with one attached hydrogen (secondary N) is 2. The summed E-state index contributed by atoms with van der Waals surface area (Å²) in [5, 5.41) is 6.78. The lowest BCUT2D eigenvalue weighted by Crippen LogP contribution is -2.50. The van der Waals surface area contributed by atoms with Gasteiger partial charge in [0.15, 0.2) is 0 Å². The van der Waals surface area contributed by atoms with Gasteiger partial charge >= 0.3 is 6.09 Å². The van der Waals surface area contributed by atoms with Gasteiger partial charge in [-0.2, -0.15) is 0 Å². The quantitative estimate of drug-likeness (QED) is 0.755. The first-order valence-corrected chi connectivity index (χ1v) is 9.11. The average Bonchev–Trinajstić information content (AvgIpc) is 3.28. The minimum atomic E-state index is -0.441. The number of methoxy groups -OCH3 is 1. The highest BCUT2D eigenvalue weighted by molar-refractivity contribution is 5.67. The molecule has 0 spiro atoms. The maximum atomic E-state index is 11.9. The fourth-order valence-corrected chi connectivity index (χ4v) is 3.47. The zero-order valence-corrected chi connectivity index (χ0v) is 15.2. The molecular formula is C18H34N2O3. The van der Waals surface area contributed by atoms with Crippen molar-refractivity contribution in [3.05, 3.63) is 0 Å². The smallest absolute Gasteiger partial charge is 0.407 e. The monoisotopic (exact) mass is 326 g/mol. The molecule has 134 valence electrons. The zero-order chi connectivity index (χ0) is 16.9. The van der Waals surface area contributed by atoms with Crippen LogP contribution in [0, 0.1) is 11.8 Å². The van der Waals surface area contributed by atoms with Gasteiger partial charge in [0.25, 0.3) is 0 Å². The molecule has 2 rings (SSSR count). The predicted octanol–water partition coefficient (Wildman–Crippen LogP) is 3.08. The standard InChI is InChI=1S/C18H34N2O3/c1-18(2,3)23-17(21)19-11-14-7-5-6-8-15(14)20-16(12-22-4)13-9-10-13/h13-16,20H,5-12H2,1-4H3,(H,19,21). The third-order valence-corrected chi connectivity index (χ3v) is 4.78. The molecule has 2 N–H and O–H groups in total. The van der Waals surface area contributed by atoms with E-state index in [1.54, 1.807) is 7.11 Å². The highest BCUT2D eigenvalue weighted by Gasteiger charge is 2.35. The molecule has 23 heavy (non-hydrogen) atoms. The minimum absolute atomic E-state index is 0.308. The normalized spacial score (nSPS) is 26.6. The van der Waals surface area contributed by atoms with E-state index in [-0.39, 0.29) is 6.09 Å². The van der Waals surface area contributed by atoms with Crippen molar-refractivity contribution >= 4 is 6.09 Å². The number of hydrogen-bond acceptors (Lipinski definition) is 4. The van der Waals surface area contributed by atoms with Gasteiger partial charge in [-0.25, -0.2) is 4.79 Å². The maximum Gasteiger partial charge on any atom is 0.407 e. The Bertz CT molecular complexity index is 377. The highest BCUT2D eigenvalue weighted by Crippen LogP contribution is 2.34. The molecule has 2 saturated carbocycles. The van der Waals surface area contributed by atoms with Gasteiger partial charge in [0.05, 0.1) is 6.61 Å². The fourth-order valence-electron chi connectivity index (χ4n) is 3.47. The lowest BCUT2D eigenvalue weighted by atomic mass is 9.84. The average molecular weight is 326 g/mol. The number of hydrogen-bond donors (Lipinski definition) is 2. The number of alkyl carbamates (subject to hydrolysis) is 1. The van der Waals surface area contributed by atoms with Crippen LogP contribution in [-0.4, -0.2) is 44.0 Å². The van der Waals surface area contributed by atoms with Crippen molar-refractivity contribution in [2.45, 2.75) is 77.0 Å². The van der Waals surface area contributed by atoms with Crippen molar-refractivity contribution in [3.8, 4) is 0 Å². The topological polar surface area (TPSA) is 59.6 Å². The summed E-state index contributed by atoms with van der Waals surface area (Å²) in [6.45, 7) is 7.15. The molecule has 0 aliphatic heterocycles. The lowest BCUT2D eigenvalue weighted by Gasteiger charge is -2.35. The molecule has 0 heterocycles. The molecule has 3 unspecified atom stereocenters. The third-order valence-electron chi connectivity index (χ3n) is 4.78. The molecule has 5 nitrogen and oxygen atoms in total. The number of carbonyl (C=O) groups is 1. The Balaban J connectivity index is 1.81. The first-order valence-electron chi connectivity index (χ1n) is 9.11. The first kappa shape index (κ1) is 18.5. The van der Waals surface area contributed by atoms with E-state index in [2.05, 4.69) is 10.6 Å². The van der Waals surface area contributed by atoms with Crippen LogP contribution in [-0.2, 0) is 9.47 Å². The van der Waals surface area contributed by atoms with E-state index >= 15 is 0 Å². The van der Waals surface area contributed by atoms with Crippen molar-refractivity contribution < 1.29 is 14.3 Å². The minimum Gasteiger partial charge on any atom is -0.444 e. The van der Waals surface area contributed by atoms with Gasteiger partial charge in [-0.3, -0.25) is 0 Å². The second-order valence-electron chi connectivity index (χ2n) is 8.10. The Morgan fingerprint density at radius 3 is 2.48 bits per heavy atom. The van der Waals surface area contributed by atoms with Crippen LogP contribution >= 0.6 is 0 Å². The van der Waals surface area contributed by atoms with E-state index in [0.29, 0.717) is 24.5 Å². The summed E-state index contributed by atoms with van der Waals surface area (Å²) in [7, 11) is 1.78. The Kier molecular flexibility index (Phi) is 6.72. The van der Waals surface area contributed by atoms with Gasteiger partial charge in [-0.05, 0) is 58.3 Å². The molecular weight excluding hydrogens is 292 g/mol. The predicted molar refractivity (Wildman–Crippen MR) is 91.5 cm³/mol. The second kappa shape index (κ2) is 8.34. The van der Waals surface area contributed by atoms with E-state index in [9.17, 15) is 4.79 Å². The van der Waals surface area contributed by atoms with Gasteiger partial charge in [0, 0.05) is 25.7 Å². The Labute approximate surface area is 140 Å². The molecule has 3 atom stereocenters. The summed E-state index contributed by atoms with van der Waals surface area (Å²) in [4.78, 5) is 11.9. The third kappa shape index (κ3) is 6.68. The maximum absolute atomic E-state index is 11.9. The Morgan fingerprint density at radius 2 is 1.87 bits per heavy atom. The van der Waals surface area contributed by atoms with Gasteiger partial charge < -0.3 is 20.1 Å². The van der Waals surface area contributed by atoms with E-state index < -0.39 is 5.60 Å². The number of amides is 1. The van der Waals surface area contributed by atoms with Gasteiger partial charge in [-0.1, -0.05) is 12.8 Å². The summed E-state index contributed by atoms with van der Waals surface area (Å²) in [6.07, 6.45) is 7.19. The highest BCUT2D eigenvalue weighted by atomic mass is 16.6. The molecule has 2 aliphatic rings. The van der Waals surface area contributed by atoms with Crippen LogP contribution in [0.3, 0.4) is 0 Å². The van der Waals surface area contributed by atoms with Gasteiger partial charge in [0.1, 0.15) is 5.60 Å². The zero-order valence-electron chi connectivity index (χ0n) is 15.2. The van der Waals surface area contributed by atoms with E-state index in [0.717, 1.165) is 18.9 Å². The number of ether oxygens (including phenoxy) is 2. The molecule has 0 aromatic heterocycles. The van der Waals surface area contributed by atoms with Crippen molar-refractivity contribution in [1.82, 2.24) is 10.6 Å². The Hall–Kier alpha value is -0.810. The molecule has 0 saturated heterocycles. The lowest BCUT2D eigenvalue weighted by molar-refractivity contribution is 0.0507. The second-order valence-corrected chi connectivity index (χ2v) is 8.10. The fraction of sp³-hybridized carbons (Fsp3) is 0.944. The van der Waals surface area contributed by atoms with Crippen molar-refractivity contribution in [3.63, 3.8) is 0 Å². The summed E-state index contributed by atoms with van der Waals surface area (Å²) in [5.74, 6) is 1.26. The van der Waals surface area contributed by atoms with Crippen LogP contribution < -0.4 is 10.6 Å². The molecule has 0 bridgehead atoms. The SMILES string of the molecule is COCC(NC1CCCCC1CNC(=O)OC(C)(C)C)C1CC1. The first-order chi connectivity index (χ1) is 10.9. The summed E-state index contributed by atoms with van der Waals surface area (Å²) >= 11 is 0. The molecule has 0 aromatic carbocycles. The molecule has 5 heteroatoms. The van der Waals surface area contributed by atoms with Crippen LogP contribution in [0.4, 0.5) is 4.79 Å². The van der Waals surface area contributed by atoms with Crippen LogP contribution in [0.25, 0.3) is 0 Å². The largest absolute Gasteiger partial charge is 0.444 e. The summed E-state index contributed by atoms with van der Waals surface area (Å²) in [5.41, 5.74) is -0.441. The van der Waals surface area contributed by atoms with Crippen LogP contribution in [0.15, 0.2) is 0 Å². The van der Waals surface area contributed by atoms with Crippen molar-refractivity contribution in [2.75, 3.05) is 20.3 Å². The van der Waals surface area contributed by atoms with Gasteiger partial charge in [-0.15, -0.1) is 0 Å². The molecule has 0 radical (unpaired) electrons. The van der Waals surface area contributed by atoms with E-state index in [1.807, 2.05) is 20.8 Å². The van der Waals surface area contributed by atoms with Crippen molar-refractivity contribution in [1.29, 1.82) is 0 Å². The molecule has 0 aromatic rings. The number of rotatable bonds is 7. The van der Waals surface area contributed by atoms with Crippen LogP contribution in [0.2, 0.25) is 0 Å². The van der Waals surface area contributed by atoms with Crippen LogP contribution in [0.5, 0.6) is 0 Å². The number of carbonyl (C=O) groups excluding carboxylic acids is 1. The summed E-state index contributed by atoms with van der Waals surface area (Å²) in [6, 6.07) is 0.937. The van der Waals surface area contributed by atoms with Crippen molar-refractivity contribution in [2.24, 2.45) is 11.8 Å². The van der Waals surface area contributed by atoms with Gasteiger partial charge in [0.2, 0.25) is 0 Å². The van der Waals surface area contributed by atoms with E-state index in [4.69, 9.17) is 9.47 Å². The van der Waals surface area contributed by atoms with E-state index in [1.165, 1.54) is 32.1 Å². The Morgan fingerprint density at radius 1 is 1.17 bits per heavy atom. The molecule has 2 aliphatic carbocycles. The molecule has 2 fully saturated rings. The molecule has 1 amide bonds.